The highest BCUT2D eigenvalue weighted by molar-refractivity contribution is 5.18. The molecule has 0 saturated heterocycles. The highest BCUT2D eigenvalue weighted by Gasteiger charge is 2.22. The van der Waals surface area contributed by atoms with E-state index in [0.29, 0.717) is 12.1 Å². The van der Waals surface area contributed by atoms with Crippen LogP contribution in [0.5, 0.6) is 0 Å². The van der Waals surface area contributed by atoms with E-state index >= 15 is 0 Å². The van der Waals surface area contributed by atoms with Crippen molar-refractivity contribution < 1.29 is 13.9 Å². The minimum Gasteiger partial charge on any atom is -0.392 e. The fraction of sp³-hybridized carbons (Fsp3) is 0.538. The van der Waals surface area contributed by atoms with Gasteiger partial charge >= 0.3 is 0 Å². The summed E-state index contributed by atoms with van der Waals surface area (Å²) in [5.41, 5.74) is 0.434. The van der Waals surface area contributed by atoms with Gasteiger partial charge < -0.3 is 10.4 Å². The van der Waals surface area contributed by atoms with Crippen molar-refractivity contribution in [2.45, 2.75) is 44.4 Å². The van der Waals surface area contributed by atoms with Gasteiger partial charge in [0.25, 0.3) is 0 Å². The molecule has 1 aromatic carbocycles. The number of rotatable bonds is 3. The zero-order chi connectivity index (χ0) is 12.3. The van der Waals surface area contributed by atoms with Crippen molar-refractivity contribution in [3.05, 3.63) is 35.4 Å². The van der Waals surface area contributed by atoms with Crippen LogP contribution in [0.15, 0.2) is 18.2 Å². The fourth-order valence-corrected chi connectivity index (χ4v) is 2.26. The molecule has 1 aliphatic rings. The van der Waals surface area contributed by atoms with Gasteiger partial charge in [-0.15, -0.1) is 0 Å². The highest BCUT2D eigenvalue weighted by Crippen LogP contribution is 2.19. The maximum absolute atomic E-state index is 13.4. The van der Waals surface area contributed by atoms with Crippen LogP contribution >= 0.6 is 0 Å². The molecule has 4 heteroatoms. The lowest BCUT2D eigenvalue weighted by molar-refractivity contribution is 0.0901. The van der Waals surface area contributed by atoms with Crippen LogP contribution in [0.25, 0.3) is 0 Å². The van der Waals surface area contributed by atoms with Crippen LogP contribution in [0.4, 0.5) is 8.78 Å². The van der Waals surface area contributed by atoms with Crippen molar-refractivity contribution in [2.75, 3.05) is 0 Å². The van der Waals surface area contributed by atoms with Gasteiger partial charge in [0.1, 0.15) is 11.6 Å². The number of aliphatic hydroxyl groups is 1. The van der Waals surface area contributed by atoms with Gasteiger partial charge in [-0.1, -0.05) is 18.9 Å². The molecule has 1 aromatic rings. The van der Waals surface area contributed by atoms with Crippen molar-refractivity contribution in [3.8, 4) is 0 Å². The van der Waals surface area contributed by atoms with E-state index in [4.69, 9.17) is 0 Å². The molecule has 2 rings (SSSR count). The molecule has 0 bridgehead atoms. The van der Waals surface area contributed by atoms with E-state index in [0.717, 1.165) is 31.7 Å². The highest BCUT2D eigenvalue weighted by atomic mass is 19.1. The molecule has 2 nitrogen and oxygen atoms in total. The van der Waals surface area contributed by atoms with Crippen molar-refractivity contribution in [1.29, 1.82) is 0 Å². The third-order valence-electron chi connectivity index (χ3n) is 3.30. The largest absolute Gasteiger partial charge is 0.392 e. The third kappa shape index (κ3) is 3.23. The van der Waals surface area contributed by atoms with Gasteiger partial charge in [-0.3, -0.25) is 0 Å². The summed E-state index contributed by atoms with van der Waals surface area (Å²) in [5, 5.41) is 12.9. The molecule has 0 heterocycles. The maximum Gasteiger partial charge on any atom is 0.130 e. The monoisotopic (exact) mass is 241 g/mol. The first kappa shape index (κ1) is 12.5. The Morgan fingerprint density at radius 2 is 2.00 bits per heavy atom. The van der Waals surface area contributed by atoms with E-state index in [2.05, 4.69) is 5.32 Å². The summed E-state index contributed by atoms with van der Waals surface area (Å²) in [4.78, 5) is 0. The second-order valence-electron chi connectivity index (χ2n) is 4.57. The average molecular weight is 241 g/mol. The van der Waals surface area contributed by atoms with Crippen molar-refractivity contribution in [3.63, 3.8) is 0 Å². The Balaban J connectivity index is 1.92. The topological polar surface area (TPSA) is 32.3 Å². The van der Waals surface area contributed by atoms with E-state index in [1.165, 1.54) is 12.1 Å². The van der Waals surface area contributed by atoms with Crippen LogP contribution < -0.4 is 5.32 Å². The van der Waals surface area contributed by atoms with Gasteiger partial charge in [0, 0.05) is 24.2 Å². The molecule has 0 amide bonds. The lowest BCUT2D eigenvalue weighted by Crippen LogP contribution is -2.41. The SMILES string of the molecule is O[C@@H]1CCCC[C@H]1NCc1ccc(F)cc1F. The van der Waals surface area contributed by atoms with Gasteiger partial charge in [-0.05, 0) is 18.9 Å². The summed E-state index contributed by atoms with van der Waals surface area (Å²) in [6, 6.07) is 3.59. The molecule has 2 atom stereocenters. The number of hydrogen-bond acceptors (Lipinski definition) is 2. The van der Waals surface area contributed by atoms with E-state index in [-0.39, 0.29) is 12.1 Å². The van der Waals surface area contributed by atoms with E-state index in [1.54, 1.807) is 0 Å². The molecule has 1 aliphatic carbocycles. The molecular weight excluding hydrogens is 224 g/mol. The maximum atomic E-state index is 13.4. The Morgan fingerprint density at radius 1 is 1.24 bits per heavy atom. The fourth-order valence-electron chi connectivity index (χ4n) is 2.26. The van der Waals surface area contributed by atoms with E-state index in [9.17, 15) is 13.9 Å². The molecule has 1 saturated carbocycles. The predicted molar refractivity (Wildman–Crippen MR) is 61.5 cm³/mol. The number of hydrogen-bond donors (Lipinski definition) is 2. The molecule has 0 unspecified atom stereocenters. The molecule has 94 valence electrons. The summed E-state index contributed by atoms with van der Waals surface area (Å²) in [5.74, 6) is -1.10. The predicted octanol–water partition coefficient (Wildman–Crippen LogP) is 2.36. The first-order chi connectivity index (χ1) is 8.16. The van der Waals surface area contributed by atoms with Crippen molar-refractivity contribution in [2.24, 2.45) is 0 Å². The molecule has 0 aromatic heterocycles. The Kier molecular flexibility index (Phi) is 4.07. The summed E-state index contributed by atoms with van der Waals surface area (Å²) in [7, 11) is 0. The molecule has 2 N–H and O–H groups in total. The van der Waals surface area contributed by atoms with Crippen LogP contribution in [-0.2, 0) is 6.54 Å². The van der Waals surface area contributed by atoms with Crippen molar-refractivity contribution >= 4 is 0 Å². The third-order valence-corrected chi connectivity index (χ3v) is 3.30. The Bertz CT molecular complexity index is 384. The Hall–Kier alpha value is -1.00. The van der Waals surface area contributed by atoms with Crippen LogP contribution in [-0.4, -0.2) is 17.3 Å². The Morgan fingerprint density at radius 3 is 2.71 bits per heavy atom. The first-order valence-corrected chi connectivity index (χ1v) is 6.02. The zero-order valence-corrected chi connectivity index (χ0v) is 9.63. The minimum absolute atomic E-state index is 0.0215. The zero-order valence-electron chi connectivity index (χ0n) is 9.63. The molecule has 1 fully saturated rings. The molecular formula is C13H17F2NO. The van der Waals surface area contributed by atoms with Gasteiger partial charge in [0.05, 0.1) is 6.10 Å². The van der Waals surface area contributed by atoms with E-state index in [1.807, 2.05) is 0 Å². The van der Waals surface area contributed by atoms with Crippen LogP contribution in [0.2, 0.25) is 0 Å². The Labute approximate surface area is 99.7 Å². The number of nitrogens with one attached hydrogen (secondary N) is 1. The van der Waals surface area contributed by atoms with E-state index < -0.39 is 11.6 Å². The smallest absolute Gasteiger partial charge is 0.130 e. The number of benzene rings is 1. The van der Waals surface area contributed by atoms with Crippen LogP contribution in [0.3, 0.4) is 0 Å². The minimum atomic E-state index is -0.566. The van der Waals surface area contributed by atoms with Gasteiger partial charge in [0.15, 0.2) is 0 Å². The van der Waals surface area contributed by atoms with Crippen LogP contribution in [0, 0.1) is 11.6 Å². The number of halogens is 2. The molecule has 0 spiro atoms. The second kappa shape index (κ2) is 5.56. The molecule has 0 radical (unpaired) electrons. The standard InChI is InChI=1S/C13H17F2NO/c14-10-6-5-9(11(15)7-10)8-16-12-3-1-2-4-13(12)17/h5-7,12-13,16-17H,1-4,8H2/t12-,13-/m1/s1. The average Bonchev–Trinajstić information content (AvgIpc) is 2.30. The molecule has 0 aliphatic heterocycles. The van der Waals surface area contributed by atoms with Gasteiger partial charge in [-0.2, -0.15) is 0 Å². The lowest BCUT2D eigenvalue weighted by atomic mass is 9.92. The summed E-state index contributed by atoms with van der Waals surface area (Å²) in [6.45, 7) is 0.327. The van der Waals surface area contributed by atoms with Gasteiger partial charge in [0.2, 0.25) is 0 Å². The summed E-state index contributed by atoms with van der Waals surface area (Å²) in [6.07, 6.45) is 3.48. The van der Waals surface area contributed by atoms with Gasteiger partial charge in [-0.25, -0.2) is 8.78 Å². The normalized spacial score (nSPS) is 24.9. The number of aliphatic hydroxyl groups excluding tert-OH is 1. The summed E-state index contributed by atoms with van der Waals surface area (Å²) < 4.78 is 26.1. The second-order valence-corrected chi connectivity index (χ2v) is 4.57. The molecule has 17 heavy (non-hydrogen) atoms. The lowest BCUT2D eigenvalue weighted by Gasteiger charge is -2.28. The van der Waals surface area contributed by atoms with Crippen molar-refractivity contribution in [1.82, 2.24) is 5.32 Å². The van der Waals surface area contributed by atoms with Crippen LogP contribution in [0.1, 0.15) is 31.2 Å². The first-order valence-electron chi connectivity index (χ1n) is 6.02. The quantitative estimate of drug-likeness (QED) is 0.851. The summed E-state index contributed by atoms with van der Waals surface area (Å²) >= 11 is 0.